The number of ether oxygens (including phenoxy) is 2. The quantitative estimate of drug-likeness (QED) is 0.682. The molecule has 1 unspecified atom stereocenters. The fraction of sp³-hybridized carbons (Fsp3) is 0.500. The highest BCUT2D eigenvalue weighted by molar-refractivity contribution is 5.97. The highest BCUT2D eigenvalue weighted by atomic mass is 16.5. The Labute approximate surface area is 107 Å². The van der Waals surface area contributed by atoms with E-state index < -0.39 is 0 Å². The molecule has 18 heavy (non-hydrogen) atoms. The molecular formula is C12H20N4O2. The van der Waals surface area contributed by atoms with Gasteiger partial charge in [-0.25, -0.2) is 9.98 Å². The lowest BCUT2D eigenvalue weighted by Gasteiger charge is -2.10. The first-order chi connectivity index (χ1) is 8.67. The third-order valence-electron chi connectivity index (χ3n) is 2.55. The van der Waals surface area contributed by atoms with Gasteiger partial charge in [-0.2, -0.15) is 0 Å². The molecule has 6 nitrogen and oxygen atoms in total. The van der Waals surface area contributed by atoms with Crippen LogP contribution in [-0.4, -0.2) is 32.6 Å². The summed E-state index contributed by atoms with van der Waals surface area (Å²) in [4.78, 5) is 7.89. The molecule has 1 rings (SSSR count). The van der Waals surface area contributed by atoms with E-state index in [2.05, 4.69) is 9.98 Å². The van der Waals surface area contributed by atoms with Crippen molar-refractivity contribution in [1.82, 2.24) is 0 Å². The highest BCUT2D eigenvalue weighted by Gasteiger charge is 2.11. The molecule has 0 bridgehead atoms. The second-order valence-electron chi connectivity index (χ2n) is 3.86. The van der Waals surface area contributed by atoms with E-state index in [1.54, 1.807) is 20.4 Å². The molecule has 0 aromatic heterocycles. The summed E-state index contributed by atoms with van der Waals surface area (Å²) in [5.74, 6) is 1.54. The molecule has 0 saturated carbocycles. The van der Waals surface area contributed by atoms with Crippen molar-refractivity contribution in [3.8, 4) is 0 Å². The van der Waals surface area contributed by atoms with E-state index in [4.69, 9.17) is 20.9 Å². The third kappa shape index (κ3) is 4.58. The van der Waals surface area contributed by atoms with Crippen LogP contribution in [-0.2, 0) is 9.47 Å². The number of allylic oxidation sites excluding steroid dienone is 1. The summed E-state index contributed by atoms with van der Waals surface area (Å²) in [5.41, 5.74) is 11.3. The molecule has 0 amide bonds. The fourth-order valence-corrected chi connectivity index (χ4v) is 1.58. The van der Waals surface area contributed by atoms with E-state index >= 15 is 0 Å². The Hall–Kier alpha value is -1.82. The number of aliphatic imine (C=N–C) groups is 2. The van der Waals surface area contributed by atoms with E-state index in [-0.39, 0.29) is 11.9 Å². The third-order valence-corrected chi connectivity index (χ3v) is 2.55. The molecule has 0 fully saturated rings. The van der Waals surface area contributed by atoms with Gasteiger partial charge in [0.2, 0.25) is 5.96 Å². The van der Waals surface area contributed by atoms with Crippen molar-refractivity contribution < 1.29 is 9.47 Å². The predicted molar refractivity (Wildman–Crippen MR) is 72.1 cm³/mol. The minimum absolute atomic E-state index is 0.0479. The Morgan fingerprint density at radius 3 is 2.89 bits per heavy atom. The Morgan fingerprint density at radius 2 is 2.22 bits per heavy atom. The lowest BCUT2D eigenvalue weighted by molar-refractivity contribution is 0.158. The molecule has 0 saturated heterocycles. The number of nitrogens with zero attached hydrogens (tertiary/aromatic N) is 2. The number of rotatable bonds is 6. The average molecular weight is 252 g/mol. The maximum atomic E-state index is 5.84. The van der Waals surface area contributed by atoms with Crippen molar-refractivity contribution in [3.63, 3.8) is 0 Å². The summed E-state index contributed by atoms with van der Waals surface area (Å²) in [5, 5.41) is 0. The van der Waals surface area contributed by atoms with Crippen LogP contribution in [0.15, 0.2) is 34.1 Å². The molecule has 0 spiro atoms. The maximum Gasteiger partial charge on any atom is 0.221 e. The number of hydrogen-bond acceptors (Lipinski definition) is 6. The molecular weight excluding hydrogens is 232 g/mol. The topological polar surface area (TPSA) is 95.2 Å². The first-order valence-electron chi connectivity index (χ1n) is 5.73. The lowest BCUT2D eigenvalue weighted by atomic mass is 10.0. The smallest absolute Gasteiger partial charge is 0.221 e. The van der Waals surface area contributed by atoms with Crippen LogP contribution in [0.5, 0.6) is 0 Å². The van der Waals surface area contributed by atoms with Gasteiger partial charge in [-0.15, -0.1) is 0 Å². The molecule has 4 N–H and O–H groups in total. The highest BCUT2D eigenvalue weighted by Crippen LogP contribution is 2.13. The number of hydrogen-bond donors (Lipinski definition) is 2. The zero-order valence-corrected chi connectivity index (χ0v) is 10.8. The summed E-state index contributed by atoms with van der Waals surface area (Å²) >= 11 is 0. The van der Waals surface area contributed by atoms with Crippen molar-refractivity contribution in [3.05, 3.63) is 24.1 Å². The molecule has 0 aliphatic carbocycles. The number of nitrogens with two attached hydrogens (primary N) is 2. The molecule has 100 valence electrons. The van der Waals surface area contributed by atoms with Gasteiger partial charge >= 0.3 is 0 Å². The molecule has 0 aromatic carbocycles. The summed E-state index contributed by atoms with van der Waals surface area (Å²) in [6.45, 7) is 0.469. The minimum atomic E-state index is 0.0479. The lowest BCUT2D eigenvalue weighted by Crippen LogP contribution is -2.24. The predicted octanol–water partition coefficient (Wildman–Crippen LogP) is 0.759. The number of guanidine groups is 1. The Bertz CT molecular complexity index is 386. The zero-order valence-electron chi connectivity index (χ0n) is 10.8. The monoisotopic (exact) mass is 252 g/mol. The first kappa shape index (κ1) is 14.2. The van der Waals surface area contributed by atoms with Crippen molar-refractivity contribution >= 4 is 11.8 Å². The Balaban J connectivity index is 2.51. The van der Waals surface area contributed by atoms with E-state index in [9.17, 15) is 0 Å². The Morgan fingerprint density at radius 1 is 1.44 bits per heavy atom. The first-order valence-corrected chi connectivity index (χ1v) is 5.73. The van der Waals surface area contributed by atoms with Crippen LogP contribution in [0.2, 0.25) is 0 Å². The number of amidine groups is 1. The zero-order chi connectivity index (χ0) is 13.4. The molecule has 1 aliphatic heterocycles. The van der Waals surface area contributed by atoms with Crippen LogP contribution in [0.25, 0.3) is 0 Å². The normalized spacial score (nSPS) is 20.1. The van der Waals surface area contributed by atoms with Crippen LogP contribution in [0, 0.1) is 5.92 Å². The molecule has 1 atom stereocenters. The summed E-state index contributed by atoms with van der Waals surface area (Å²) in [7, 11) is 3.26. The van der Waals surface area contributed by atoms with Crippen LogP contribution >= 0.6 is 0 Å². The van der Waals surface area contributed by atoms with Gasteiger partial charge in [-0.3, -0.25) is 0 Å². The summed E-state index contributed by atoms with van der Waals surface area (Å²) in [6.07, 6.45) is 7.16. The van der Waals surface area contributed by atoms with Gasteiger partial charge in [0.25, 0.3) is 0 Å². The molecule has 1 aliphatic rings. The van der Waals surface area contributed by atoms with Crippen LogP contribution in [0.1, 0.15) is 12.8 Å². The second-order valence-corrected chi connectivity index (χ2v) is 3.86. The fourth-order valence-electron chi connectivity index (χ4n) is 1.58. The van der Waals surface area contributed by atoms with E-state index in [1.807, 2.05) is 12.2 Å². The van der Waals surface area contributed by atoms with E-state index in [0.29, 0.717) is 12.4 Å². The average Bonchev–Trinajstić information content (AvgIpc) is 2.50. The Kier molecular flexibility index (Phi) is 5.93. The van der Waals surface area contributed by atoms with Crippen molar-refractivity contribution in [1.29, 1.82) is 0 Å². The van der Waals surface area contributed by atoms with E-state index in [0.717, 1.165) is 18.6 Å². The summed E-state index contributed by atoms with van der Waals surface area (Å²) in [6, 6.07) is 0. The van der Waals surface area contributed by atoms with E-state index in [1.165, 1.54) is 0 Å². The van der Waals surface area contributed by atoms with Crippen LogP contribution in [0.4, 0.5) is 0 Å². The largest absolute Gasteiger partial charge is 0.499 e. The van der Waals surface area contributed by atoms with Gasteiger partial charge in [-0.05, 0) is 18.9 Å². The van der Waals surface area contributed by atoms with Crippen molar-refractivity contribution in [2.75, 3.05) is 20.8 Å². The molecule has 0 radical (unpaired) electrons. The van der Waals surface area contributed by atoms with Gasteiger partial charge in [0.15, 0.2) is 0 Å². The van der Waals surface area contributed by atoms with Gasteiger partial charge < -0.3 is 20.9 Å². The number of methoxy groups -OCH3 is 2. The standard InChI is InChI=1S/C12H20N4O2/c1-17-8-10(18-2)5-3-4-9-6-7-15-12(14)16-11(9)13/h5-7,9H,3-4,8H2,1-2H3,(H4,13,14,15,16)/b10-5+. The molecule has 0 aromatic rings. The summed E-state index contributed by atoms with van der Waals surface area (Å²) < 4.78 is 10.2. The minimum Gasteiger partial charge on any atom is -0.499 e. The SMILES string of the molecule is COC/C(=C\CCC1C=CN=C(N)N=C1N)OC. The van der Waals surface area contributed by atoms with Gasteiger partial charge in [-0.1, -0.05) is 6.08 Å². The second kappa shape index (κ2) is 7.50. The van der Waals surface area contributed by atoms with Crippen LogP contribution < -0.4 is 11.5 Å². The molecule has 1 heterocycles. The van der Waals surface area contributed by atoms with Crippen LogP contribution in [0.3, 0.4) is 0 Å². The van der Waals surface area contributed by atoms with Crippen molar-refractivity contribution in [2.24, 2.45) is 27.4 Å². The van der Waals surface area contributed by atoms with Gasteiger partial charge in [0, 0.05) is 19.2 Å². The van der Waals surface area contributed by atoms with Crippen molar-refractivity contribution in [2.45, 2.75) is 12.8 Å². The maximum absolute atomic E-state index is 5.84. The van der Waals surface area contributed by atoms with Gasteiger partial charge in [0.05, 0.1) is 7.11 Å². The van der Waals surface area contributed by atoms with Gasteiger partial charge in [0.1, 0.15) is 18.2 Å². The molecule has 6 heteroatoms.